The molecular formula is C18H24N4O3. The van der Waals surface area contributed by atoms with E-state index in [1.807, 2.05) is 4.90 Å². The van der Waals surface area contributed by atoms with Gasteiger partial charge in [0.15, 0.2) is 0 Å². The van der Waals surface area contributed by atoms with Crippen LogP contribution in [-0.2, 0) is 29.7 Å². The van der Waals surface area contributed by atoms with Crippen molar-refractivity contribution in [3.8, 4) is 0 Å². The molecule has 2 aliphatic heterocycles. The van der Waals surface area contributed by atoms with Crippen LogP contribution in [0, 0.1) is 12.8 Å². The smallest absolute Gasteiger partial charge is 0.258 e. The third kappa shape index (κ3) is 2.65. The Bertz CT molecular complexity index is 794. The fourth-order valence-electron chi connectivity index (χ4n) is 4.41. The molecule has 1 aromatic rings. The van der Waals surface area contributed by atoms with Crippen molar-refractivity contribution in [1.29, 1.82) is 0 Å². The Kier molecular flexibility index (Phi) is 3.89. The van der Waals surface area contributed by atoms with Crippen LogP contribution in [0.1, 0.15) is 49.2 Å². The molecule has 7 nitrogen and oxygen atoms in total. The number of rotatable bonds is 2. The highest BCUT2D eigenvalue weighted by Gasteiger charge is 2.41. The van der Waals surface area contributed by atoms with E-state index in [9.17, 15) is 14.4 Å². The summed E-state index contributed by atoms with van der Waals surface area (Å²) in [5.74, 6) is 0.451. The lowest BCUT2D eigenvalue weighted by atomic mass is 10.1. The van der Waals surface area contributed by atoms with Gasteiger partial charge in [0.25, 0.3) is 5.56 Å². The molecule has 1 aliphatic carbocycles. The van der Waals surface area contributed by atoms with E-state index < -0.39 is 0 Å². The number of carbonyl (C=O) groups is 2. The number of hydrogen-bond donors (Lipinski definition) is 0. The third-order valence-electron chi connectivity index (χ3n) is 5.97. The van der Waals surface area contributed by atoms with E-state index in [-0.39, 0.29) is 23.3 Å². The van der Waals surface area contributed by atoms with E-state index in [0.29, 0.717) is 49.2 Å². The number of hydrogen-bond acceptors (Lipinski definition) is 4. The summed E-state index contributed by atoms with van der Waals surface area (Å²) in [6.45, 7) is 3.00. The minimum Gasteiger partial charge on any atom is -0.339 e. The Morgan fingerprint density at radius 2 is 1.88 bits per heavy atom. The molecule has 1 atom stereocenters. The van der Waals surface area contributed by atoms with Gasteiger partial charge in [0.05, 0.1) is 30.3 Å². The van der Waals surface area contributed by atoms with Crippen LogP contribution in [0.3, 0.4) is 0 Å². The van der Waals surface area contributed by atoms with Crippen molar-refractivity contribution in [1.82, 2.24) is 19.4 Å². The molecule has 0 radical (unpaired) electrons. The number of aromatic nitrogens is 2. The van der Waals surface area contributed by atoms with Crippen molar-refractivity contribution in [2.45, 2.75) is 58.2 Å². The van der Waals surface area contributed by atoms with Crippen molar-refractivity contribution in [2.75, 3.05) is 6.54 Å². The predicted octanol–water partition coefficient (Wildman–Crippen LogP) is 0.722. The first-order chi connectivity index (χ1) is 12.0. The first kappa shape index (κ1) is 16.3. The van der Waals surface area contributed by atoms with Crippen molar-refractivity contribution >= 4 is 11.8 Å². The van der Waals surface area contributed by atoms with Gasteiger partial charge in [0.1, 0.15) is 5.82 Å². The maximum atomic E-state index is 12.9. The number of aryl methyl sites for hydroxylation is 1. The van der Waals surface area contributed by atoms with Gasteiger partial charge in [-0.3, -0.25) is 19.0 Å². The summed E-state index contributed by atoms with van der Waals surface area (Å²) in [5.41, 5.74) is 1.23. The van der Waals surface area contributed by atoms with Gasteiger partial charge < -0.3 is 9.80 Å². The number of nitrogens with zero attached hydrogens (tertiary/aromatic N) is 4. The highest BCUT2D eigenvalue weighted by molar-refractivity contribution is 5.89. The normalized spacial score (nSPS) is 23.6. The summed E-state index contributed by atoms with van der Waals surface area (Å²) >= 11 is 0. The standard InChI is InChI=1S/C18H24N4O3/c1-11-19-15-10-21(9-14(15)18(25)20(11)2)17(24)12-7-16(23)22(8-12)13-5-3-4-6-13/h12-13H,3-10H2,1-2H3/t12-/m1/s1. The van der Waals surface area contributed by atoms with Gasteiger partial charge in [0, 0.05) is 26.1 Å². The molecule has 1 aromatic heterocycles. The number of carbonyl (C=O) groups excluding carboxylic acids is 2. The first-order valence-electron chi connectivity index (χ1n) is 9.09. The number of fused-ring (bicyclic) bond motifs is 1. The van der Waals surface area contributed by atoms with Gasteiger partial charge in [-0.15, -0.1) is 0 Å². The molecule has 1 saturated heterocycles. The van der Waals surface area contributed by atoms with Gasteiger partial charge in [0.2, 0.25) is 11.8 Å². The molecule has 3 aliphatic rings. The second-order valence-corrected chi connectivity index (χ2v) is 7.53. The minimum atomic E-state index is -0.285. The molecule has 25 heavy (non-hydrogen) atoms. The van der Waals surface area contributed by atoms with Crippen LogP contribution in [0.15, 0.2) is 4.79 Å². The van der Waals surface area contributed by atoms with Crippen LogP contribution >= 0.6 is 0 Å². The van der Waals surface area contributed by atoms with E-state index >= 15 is 0 Å². The van der Waals surface area contributed by atoms with Crippen LogP contribution in [0.25, 0.3) is 0 Å². The second-order valence-electron chi connectivity index (χ2n) is 7.53. The first-order valence-corrected chi connectivity index (χ1v) is 9.09. The largest absolute Gasteiger partial charge is 0.339 e. The van der Waals surface area contributed by atoms with Gasteiger partial charge in [-0.1, -0.05) is 12.8 Å². The van der Waals surface area contributed by atoms with Crippen LogP contribution in [0.5, 0.6) is 0 Å². The maximum absolute atomic E-state index is 12.9. The lowest BCUT2D eigenvalue weighted by molar-refractivity contribution is -0.136. The maximum Gasteiger partial charge on any atom is 0.258 e. The molecule has 0 N–H and O–H groups in total. The third-order valence-corrected chi connectivity index (χ3v) is 5.97. The predicted molar refractivity (Wildman–Crippen MR) is 90.5 cm³/mol. The Labute approximate surface area is 146 Å². The summed E-state index contributed by atoms with van der Waals surface area (Å²) in [6.07, 6.45) is 4.75. The van der Waals surface area contributed by atoms with Crippen molar-refractivity contribution < 1.29 is 9.59 Å². The molecular weight excluding hydrogens is 320 g/mol. The monoisotopic (exact) mass is 344 g/mol. The molecule has 0 bridgehead atoms. The van der Waals surface area contributed by atoms with E-state index in [1.54, 1.807) is 18.9 Å². The van der Waals surface area contributed by atoms with Crippen LogP contribution in [0.2, 0.25) is 0 Å². The van der Waals surface area contributed by atoms with Gasteiger partial charge >= 0.3 is 0 Å². The lowest BCUT2D eigenvalue weighted by Gasteiger charge is -2.25. The molecule has 1 saturated carbocycles. The van der Waals surface area contributed by atoms with Gasteiger partial charge in [-0.25, -0.2) is 4.98 Å². The summed E-state index contributed by atoms with van der Waals surface area (Å²) < 4.78 is 1.52. The van der Waals surface area contributed by atoms with Crippen LogP contribution in [0.4, 0.5) is 0 Å². The van der Waals surface area contributed by atoms with E-state index in [0.717, 1.165) is 12.8 Å². The number of likely N-dealkylation sites (tertiary alicyclic amines) is 1. The van der Waals surface area contributed by atoms with Gasteiger partial charge in [-0.2, -0.15) is 0 Å². The Hall–Kier alpha value is -2.18. The molecule has 3 heterocycles. The Balaban J connectivity index is 1.48. The van der Waals surface area contributed by atoms with E-state index in [4.69, 9.17) is 0 Å². The summed E-state index contributed by atoms with van der Waals surface area (Å²) in [6, 6.07) is 0.317. The minimum absolute atomic E-state index is 0.0217. The molecule has 0 spiro atoms. The molecule has 134 valence electrons. The van der Waals surface area contributed by atoms with Crippen molar-refractivity contribution in [2.24, 2.45) is 13.0 Å². The second kappa shape index (κ2) is 5.97. The van der Waals surface area contributed by atoms with E-state index in [1.165, 1.54) is 17.4 Å². The summed E-state index contributed by atoms with van der Waals surface area (Å²) in [5, 5.41) is 0. The summed E-state index contributed by atoms with van der Waals surface area (Å²) in [7, 11) is 1.70. The zero-order valence-corrected chi connectivity index (χ0v) is 14.8. The van der Waals surface area contributed by atoms with Crippen LogP contribution in [-0.4, -0.2) is 43.8 Å². The van der Waals surface area contributed by atoms with Gasteiger partial charge in [-0.05, 0) is 19.8 Å². The van der Waals surface area contributed by atoms with Crippen molar-refractivity contribution in [3.63, 3.8) is 0 Å². The molecule has 0 unspecified atom stereocenters. The lowest BCUT2D eigenvalue weighted by Crippen LogP contribution is -2.37. The molecule has 2 amide bonds. The Morgan fingerprint density at radius 1 is 1.16 bits per heavy atom. The fraction of sp³-hybridized carbons (Fsp3) is 0.667. The topological polar surface area (TPSA) is 75.5 Å². The van der Waals surface area contributed by atoms with Crippen molar-refractivity contribution in [3.05, 3.63) is 27.4 Å². The SMILES string of the molecule is Cc1nc2c(c(=O)n1C)CN(C(=O)[C@@H]1CC(=O)N(C3CCCC3)C1)C2. The average Bonchev–Trinajstić information content (AvgIpc) is 3.30. The highest BCUT2D eigenvalue weighted by Crippen LogP contribution is 2.31. The molecule has 2 fully saturated rings. The zero-order valence-electron chi connectivity index (χ0n) is 14.8. The summed E-state index contributed by atoms with van der Waals surface area (Å²) in [4.78, 5) is 45.7. The molecule has 7 heteroatoms. The quantitative estimate of drug-likeness (QED) is 0.792. The average molecular weight is 344 g/mol. The Morgan fingerprint density at radius 3 is 2.60 bits per heavy atom. The zero-order chi connectivity index (χ0) is 17.7. The molecule has 4 rings (SSSR count). The molecule has 0 aromatic carbocycles. The van der Waals surface area contributed by atoms with E-state index in [2.05, 4.69) is 4.98 Å². The van der Waals surface area contributed by atoms with Crippen LogP contribution < -0.4 is 5.56 Å². The fourth-order valence-corrected chi connectivity index (χ4v) is 4.41. The number of amides is 2. The highest BCUT2D eigenvalue weighted by atomic mass is 16.2.